The Balaban J connectivity index is 0.00000533. The number of aliphatic carboxylic acids is 1. The van der Waals surface area contributed by atoms with Crippen molar-refractivity contribution in [2.75, 3.05) is 17.6 Å². The molecule has 0 bridgehead atoms. The average Bonchev–Trinajstić information content (AvgIpc) is 3.35. The summed E-state index contributed by atoms with van der Waals surface area (Å²) in [7, 11) is 0. The molecule has 0 radical (unpaired) electrons. The second kappa shape index (κ2) is 14.3. The van der Waals surface area contributed by atoms with Gasteiger partial charge in [0.05, 0.1) is 0 Å². The van der Waals surface area contributed by atoms with Gasteiger partial charge in [-0.25, -0.2) is 27.9 Å². The number of rotatable bonds is 11. The van der Waals surface area contributed by atoms with E-state index in [-0.39, 0.29) is 49.2 Å². The number of carbonyl (C=O) groups is 3. The highest BCUT2D eigenvalue weighted by atomic mass is 35.5. The summed E-state index contributed by atoms with van der Waals surface area (Å²) in [5, 5.41) is 14.0. The fraction of sp³-hybridized carbons (Fsp3) is 0.458. The molecule has 0 unspecified atom stereocenters. The first-order valence-electron chi connectivity index (χ1n) is 11.8. The van der Waals surface area contributed by atoms with E-state index in [0.29, 0.717) is 23.9 Å². The molecule has 214 valence electrons. The second-order valence-corrected chi connectivity index (χ2v) is 10.4. The van der Waals surface area contributed by atoms with Gasteiger partial charge >= 0.3 is 5.97 Å². The SMILES string of the molecule is CC(C)[C@@H](Nc1ncc(CNC(=O)[C@@H]2SCCN2C(=O)C[C@H](N)Cc2cc(F)c(F)cc2F)cn1)C(=O)O.Cl. The molecule has 0 saturated carbocycles. The summed E-state index contributed by atoms with van der Waals surface area (Å²) in [5.74, 6) is -4.83. The summed E-state index contributed by atoms with van der Waals surface area (Å²) in [6, 6.07) is -0.563. The molecular weight excluding hydrogens is 561 g/mol. The highest BCUT2D eigenvalue weighted by molar-refractivity contribution is 8.00. The average molecular weight is 591 g/mol. The Labute approximate surface area is 233 Å². The number of nitrogens with two attached hydrogens (primary N) is 1. The zero-order valence-electron chi connectivity index (χ0n) is 21.2. The molecule has 1 aromatic heterocycles. The van der Waals surface area contributed by atoms with Gasteiger partial charge in [-0.15, -0.1) is 24.2 Å². The number of benzene rings is 1. The lowest BCUT2D eigenvalue weighted by Crippen LogP contribution is -2.46. The zero-order chi connectivity index (χ0) is 28.0. The van der Waals surface area contributed by atoms with Gasteiger partial charge in [0, 0.05) is 55.3 Å². The lowest BCUT2D eigenvalue weighted by Gasteiger charge is -2.24. The van der Waals surface area contributed by atoms with Crippen LogP contribution >= 0.6 is 24.2 Å². The minimum Gasteiger partial charge on any atom is -0.480 e. The highest BCUT2D eigenvalue weighted by Crippen LogP contribution is 2.25. The van der Waals surface area contributed by atoms with Crippen molar-refractivity contribution in [2.45, 2.75) is 50.7 Å². The van der Waals surface area contributed by atoms with E-state index in [9.17, 15) is 32.7 Å². The van der Waals surface area contributed by atoms with Crippen molar-refractivity contribution in [3.63, 3.8) is 0 Å². The van der Waals surface area contributed by atoms with Crippen LogP contribution in [0.4, 0.5) is 19.1 Å². The number of halogens is 4. The number of aromatic nitrogens is 2. The number of anilines is 1. The van der Waals surface area contributed by atoms with Crippen LogP contribution in [0.5, 0.6) is 0 Å². The molecule has 1 aliphatic rings. The fourth-order valence-electron chi connectivity index (χ4n) is 3.81. The number of carboxylic acid groups (broad SMARTS) is 1. The standard InChI is InChI=1S/C24H29F3N6O4S.ClH/c1-12(2)20(23(36)37)32-24-30-10-13(11-31-24)9-29-21(35)22-33(3-4-38-22)19(34)7-15(28)5-14-6-17(26)18(27)8-16(14)25;/h6,8,10-12,15,20,22H,3-5,7,9,28H2,1-2H3,(H,29,35)(H,36,37)(H,30,31,32);1H/t15-,20-,22+;/m1./s1. The molecule has 39 heavy (non-hydrogen) atoms. The number of carboxylic acids is 1. The lowest BCUT2D eigenvalue weighted by molar-refractivity contribution is -0.139. The van der Waals surface area contributed by atoms with Crippen LogP contribution in [0.3, 0.4) is 0 Å². The first-order valence-corrected chi connectivity index (χ1v) is 12.9. The number of hydrogen-bond acceptors (Lipinski definition) is 8. The van der Waals surface area contributed by atoms with E-state index in [2.05, 4.69) is 20.6 Å². The fourth-order valence-corrected chi connectivity index (χ4v) is 4.97. The van der Waals surface area contributed by atoms with Gasteiger partial charge in [0.1, 0.15) is 11.9 Å². The highest BCUT2D eigenvalue weighted by Gasteiger charge is 2.35. The molecular formula is C24H30ClF3N6O4S. The van der Waals surface area contributed by atoms with Crippen LogP contribution in [0.1, 0.15) is 31.4 Å². The zero-order valence-corrected chi connectivity index (χ0v) is 22.8. The Bertz CT molecular complexity index is 1180. The third kappa shape index (κ3) is 8.70. The van der Waals surface area contributed by atoms with E-state index in [4.69, 9.17) is 5.73 Å². The monoisotopic (exact) mass is 590 g/mol. The molecule has 1 saturated heterocycles. The number of nitrogens with zero attached hydrogens (tertiary/aromatic N) is 3. The van der Waals surface area contributed by atoms with Crippen molar-refractivity contribution in [3.05, 3.63) is 53.1 Å². The van der Waals surface area contributed by atoms with Crippen molar-refractivity contribution in [1.29, 1.82) is 0 Å². The van der Waals surface area contributed by atoms with E-state index in [1.807, 2.05) is 0 Å². The normalized spacial score (nSPS) is 16.4. The van der Waals surface area contributed by atoms with Gasteiger partial charge in [-0.3, -0.25) is 9.59 Å². The molecule has 5 N–H and O–H groups in total. The summed E-state index contributed by atoms with van der Waals surface area (Å²) in [6.45, 7) is 3.91. The second-order valence-electron chi connectivity index (χ2n) is 9.17. The van der Waals surface area contributed by atoms with Gasteiger partial charge in [0.15, 0.2) is 17.0 Å². The summed E-state index contributed by atoms with van der Waals surface area (Å²) in [6.07, 6.45) is 2.52. The summed E-state index contributed by atoms with van der Waals surface area (Å²) < 4.78 is 40.5. The summed E-state index contributed by atoms with van der Waals surface area (Å²) in [5.41, 5.74) is 6.40. The predicted octanol–water partition coefficient (Wildman–Crippen LogP) is 2.31. The van der Waals surface area contributed by atoms with Crippen molar-refractivity contribution in [1.82, 2.24) is 20.2 Å². The third-order valence-electron chi connectivity index (χ3n) is 5.83. The number of thioether (sulfide) groups is 1. The Morgan fingerprint density at radius 2 is 1.79 bits per heavy atom. The maximum Gasteiger partial charge on any atom is 0.326 e. The Morgan fingerprint density at radius 1 is 1.15 bits per heavy atom. The molecule has 2 aromatic rings. The van der Waals surface area contributed by atoms with Crippen LogP contribution in [-0.4, -0.2) is 67.5 Å². The van der Waals surface area contributed by atoms with Crippen LogP contribution in [-0.2, 0) is 27.3 Å². The topological polar surface area (TPSA) is 151 Å². The van der Waals surface area contributed by atoms with Gasteiger partial charge in [0.2, 0.25) is 11.9 Å². The quantitative estimate of drug-likeness (QED) is 0.289. The maximum absolute atomic E-state index is 13.9. The molecule has 1 aliphatic heterocycles. The van der Waals surface area contributed by atoms with E-state index < -0.39 is 52.7 Å². The third-order valence-corrected chi connectivity index (χ3v) is 7.04. The van der Waals surface area contributed by atoms with Crippen LogP contribution in [0.25, 0.3) is 0 Å². The molecule has 1 fully saturated rings. The molecule has 2 heterocycles. The number of amides is 2. The van der Waals surface area contributed by atoms with Gasteiger partial charge in [-0.1, -0.05) is 13.8 Å². The molecule has 1 aromatic carbocycles. The van der Waals surface area contributed by atoms with Gasteiger partial charge in [0.25, 0.3) is 5.91 Å². The number of nitrogens with one attached hydrogen (secondary N) is 2. The molecule has 10 nitrogen and oxygen atoms in total. The van der Waals surface area contributed by atoms with Gasteiger partial charge in [-0.2, -0.15) is 0 Å². The van der Waals surface area contributed by atoms with E-state index >= 15 is 0 Å². The predicted molar refractivity (Wildman–Crippen MR) is 142 cm³/mol. The smallest absolute Gasteiger partial charge is 0.326 e. The van der Waals surface area contributed by atoms with E-state index in [1.165, 1.54) is 29.1 Å². The summed E-state index contributed by atoms with van der Waals surface area (Å²) >= 11 is 1.28. The molecule has 2 amide bonds. The molecule has 0 spiro atoms. The van der Waals surface area contributed by atoms with E-state index in [1.54, 1.807) is 13.8 Å². The Morgan fingerprint density at radius 3 is 2.41 bits per heavy atom. The van der Waals surface area contributed by atoms with Crippen molar-refractivity contribution in [2.24, 2.45) is 11.7 Å². The minimum absolute atomic E-state index is 0. The van der Waals surface area contributed by atoms with Gasteiger partial charge < -0.3 is 26.4 Å². The Kier molecular flexibility index (Phi) is 11.8. The van der Waals surface area contributed by atoms with Crippen LogP contribution in [0, 0.1) is 23.4 Å². The minimum atomic E-state index is -1.31. The first-order chi connectivity index (χ1) is 18.0. The summed E-state index contributed by atoms with van der Waals surface area (Å²) in [4.78, 5) is 46.5. The van der Waals surface area contributed by atoms with Crippen LogP contribution in [0.15, 0.2) is 24.5 Å². The maximum atomic E-state index is 13.9. The lowest BCUT2D eigenvalue weighted by atomic mass is 10.0. The number of hydrogen-bond donors (Lipinski definition) is 4. The van der Waals surface area contributed by atoms with Crippen LogP contribution < -0.4 is 16.4 Å². The first kappa shape index (κ1) is 32.1. The molecule has 0 aliphatic carbocycles. The van der Waals surface area contributed by atoms with Crippen LogP contribution in [0.2, 0.25) is 0 Å². The van der Waals surface area contributed by atoms with E-state index in [0.717, 1.165) is 6.07 Å². The largest absolute Gasteiger partial charge is 0.480 e. The number of carbonyl (C=O) groups excluding carboxylic acids is 2. The molecule has 3 atom stereocenters. The molecule has 15 heteroatoms. The molecule has 3 rings (SSSR count). The van der Waals surface area contributed by atoms with Crippen molar-refractivity contribution < 1.29 is 32.7 Å². The van der Waals surface area contributed by atoms with Crippen molar-refractivity contribution >= 4 is 47.9 Å². The van der Waals surface area contributed by atoms with Gasteiger partial charge in [-0.05, 0) is 24.0 Å². The Hall–Kier alpha value is -3.10. The van der Waals surface area contributed by atoms with Crippen molar-refractivity contribution in [3.8, 4) is 0 Å².